The quantitative estimate of drug-likeness (QED) is 0.626. The lowest BCUT2D eigenvalue weighted by molar-refractivity contribution is 0.0977. The van der Waals surface area contributed by atoms with E-state index in [9.17, 15) is 4.79 Å². The summed E-state index contributed by atoms with van der Waals surface area (Å²) in [7, 11) is 0. The predicted octanol–water partition coefficient (Wildman–Crippen LogP) is 4.43. The van der Waals surface area contributed by atoms with Gasteiger partial charge >= 0.3 is 0 Å². The van der Waals surface area contributed by atoms with Gasteiger partial charge in [0.05, 0.1) is 27.5 Å². The van der Waals surface area contributed by atoms with Crippen LogP contribution in [-0.4, -0.2) is 19.8 Å². The zero-order valence-electron chi connectivity index (χ0n) is 12.3. The lowest BCUT2D eigenvalue weighted by Gasteiger charge is -2.12. The number of hydrogen-bond donors (Lipinski definition) is 2. The van der Waals surface area contributed by atoms with Gasteiger partial charge in [0.15, 0.2) is 5.11 Å². The van der Waals surface area contributed by atoms with Crippen molar-refractivity contribution in [2.45, 2.75) is 6.92 Å². The van der Waals surface area contributed by atoms with Gasteiger partial charge in [-0.1, -0.05) is 29.3 Å². The summed E-state index contributed by atoms with van der Waals surface area (Å²) in [6, 6.07) is 8.41. The number of carbonyl (C=O) groups is 1. The van der Waals surface area contributed by atoms with E-state index in [1.54, 1.807) is 12.1 Å². The van der Waals surface area contributed by atoms with Gasteiger partial charge < -0.3 is 5.32 Å². The minimum Gasteiger partial charge on any atom is -0.330 e. The minimum atomic E-state index is -0.382. The second kappa shape index (κ2) is 6.98. The second-order valence-corrected chi connectivity index (χ2v) is 6.68. The smallest absolute Gasteiger partial charge is 0.257 e. The Hall–Kier alpha value is -1.80. The van der Waals surface area contributed by atoms with Crippen molar-refractivity contribution < 1.29 is 4.79 Å². The van der Waals surface area contributed by atoms with Gasteiger partial charge in [-0.2, -0.15) is 8.75 Å². The predicted molar refractivity (Wildman–Crippen MR) is 102 cm³/mol. The molecule has 3 rings (SSSR count). The fourth-order valence-corrected chi connectivity index (χ4v) is 3.10. The Kier molecular flexibility index (Phi) is 4.96. The van der Waals surface area contributed by atoms with Crippen LogP contribution in [0.3, 0.4) is 0 Å². The third-order valence-corrected chi connectivity index (χ3v) is 4.77. The Morgan fingerprint density at radius 1 is 1.17 bits per heavy atom. The molecule has 0 unspecified atom stereocenters. The molecule has 0 radical (unpaired) electrons. The first-order valence-electron chi connectivity index (χ1n) is 6.75. The standard InChI is InChI=1S/C15H10Cl2N4OS2/c1-7-2-5-11-13(21-24-20-11)12(7)18-15(23)19-14(22)8-3-4-9(16)10(17)6-8/h2-6H,1H3,(H2,18,19,22,23). The monoisotopic (exact) mass is 396 g/mol. The van der Waals surface area contributed by atoms with Crippen LogP contribution >= 0.6 is 47.1 Å². The van der Waals surface area contributed by atoms with Gasteiger partial charge in [0.2, 0.25) is 0 Å². The van der Waals surface area contributed by atoms with Crippen LogP contribution in [0, 0.1) is 6.92 Å². The van der Waals surface area contributed by atoms with Crippen molar-refractivity contribution in [3.8, 4) is 0 Å². The van der Waals surface area contributed by atoms with Crippen LogP contribution in [0.25, 0.3) is 11.0 Å². The number of hydrogen-bond acceptors (Lipinski definition) is 5. The Balaban J connectivity index is 1.77. The van der Waals surface area contributed by atoms with E-state index in [4.69, 9.17) is 35.4 Å². The number of aromatic nitrogens is 2. The molecule has 3 aromatic rings. The van der Waals surface area contributed by atoms with Gasteiger partial charge in [-0.15, -0.1) is 0 Å². The molecule has 0 aliphatic carbocycles. The third kappa shape index (κ3) is 3.49. The summed E-state index contributed by atoms with van der Waals surface area (Å²) in [5.74, 6) is -0.382. The number of nitrogens with one attached hydrogen (secondary N) is 2. The highest BCUT2D eigenvalue weighted by Gasteiger charge is 2.13. The summed E-state index contributed by atoms with van der Waals surface area (Å²) < 4.78 is 8.44. The Morgan fingerprint density at radius 3 is 2.71 bits per heavy atom. The van der Waals surface area contributed by atoms with Gasteiger partial charge in [0, 0.05) is 5.56 Å². The third-order valence-electron chi connectivity index (χ3n) is 3.28. The number of rotatable bonds is 2. The average Bonchev–Trinajstić information content (AvgIpc) is 3.01. The number of aryl methyl sites for hydroxylation is 1. The maximum Gasteiger partial charge on any atom is 0.257 e. The lowest BCUT2D eigenvalue weighted by Crippen LogP contribution is -2.34. The summed E-state index contributed by atoms with van der Waals surface area (Å²) in [5.41, 5.74) is 3.51. The summed E-state index contributed by atoms with van der Waals surface area (Å²) >= 11 is 18.1. The average molecular weight is 397 g/mol. The molecule has 0 aliphatic rings. The van der Waals surface area contributed by atoms with Crippen LogP contribution in [0.2, 0.25) is 10.0 Å². The van der Waals surface area contributed by atoms with Gasteiger partial charge in [0.1, 0.15) is 11.0 Å². The van der Waals surface area contributed by atoms with Crippen LogP contribution in [-0.2, 0) is 0 Å². The van der Waals surface area contributed by atoms with Crippen LogP contribution in [0.4, 0.5) is 5.69 Å². The van der Waals surface area contributed by atoms with E-state index in [2.05, 4.69) is 19.4 Å². The van der Waals surface area contributed by atoms with Crippen LogP contribution in [0.5, 0.6) is 0 Å². The molecule has 0 atom stereocenters. The molecule has 122 valence electrons. The van der Waals surface area contributed by atoms with E-state index in [0.717, 1.165) is 28.5 Å². The maximum absolute atomic E-state index is 12.2. The Morgan fingerprint density at radius 2 is 1.96 bits per heavy atom. The summed E-state index contributed by atoms with van der Waals surface area (Å²) in [4.78, 5) is 12.2. The van der Waals surface area contributed by atoms with E-state index >= 15 is 0 Å². The van der Waals surface area contributed by atoms with E-state index in [-0.39, 0.29) is 11.0 Å². The molecule has 2 aromatic carbocycles. The van der Waals surface area contributed by atoms with Crippen LogP contribution < -0.4 is 10.6 Å². The molecule has 0 saturated heterocycles. The number of halogens is 2. The van der Waals surface area contributed by atoms with Gasteiger partial charge in [-0.25, -0.2) is 0 Å². The van der Waals surface area contributed by atoms with E-state index < -0.39 is 0 Å². The molecular formula is C15H10Cl2N4OS2. The maximum atomic E-state index is 12.2. The fourth-order valence-electron chi connectivity index (χ4n) is 2.07. The van der Waals surface area contributed by atoms with Crippen molar-refractivity contribution in [1.82, 2.24) is 14.1 Å². The molecule has 0 fully saturated rings. The summed E-state index contributed by atoms with van der Waals surface area (Å²) in [6.07, 6.45) is 0. The van der Waals surface area contributed by atoms with Crippen molar-refractivity contribution >= 4 is 74.9 Å². The topological polar surface area (TPSA) is 66.9 Å². The fraction of sp³-hybridized carbons (Fsp3) is 0.0667. The zero-order chi connectivity index (χ0) is 17.3. The number of anilines is 1. The van der Waals surface area contributed by atoms with Gasteiger partial charge in [-0.3, -0.25) is 10.1 Å². The summed E-state index contributed by atoms with van der Waals surface area (Å²) in [6.45, 7) is 1.92. The molecule has 0 spiro atoms. The zero-order valence-corrected chi connectivity index (χ0v) is 15.4. The van der Waals surface area contributed by atoms with Crippen molar-refractivity contribution in [1.29, 1.82) is 0 Å². The number of thiocarbonyl (C=S) groups is 1. The van der Waals surface area contributed by atoms with Crippen LogP contribution in [0.15, 0.2) is 30.3 Å². The molecule has 0 saturated carbocycles. The molecule has 1 heterocycles. The van der Waals surface area contributed by atoms with E-state index in [1.165, 1.54) is 6.07 Å². The first kappa shape index (κ1) is 17.0. The lowest BCUT2D eigenvalue weighted by atomic mass is 10.1. The van der Waals surface area contributed by atoms with Crippen LogP contribution in [0.1, 0.15) is 15.9 Å². The largest absolute Gasteiger partial charge is 0.330 e. The molecule has 5 nitrogen and oxygen atoms in total. The molecule has 9 heteroatoms. The number of carbonyl (C=O) groups excluding carboxylic acids is 1. The van der Waals surface area contributed by atoms with Gasteiger partial charge in [-0.05, 0) is 49.0 Å². The normalized spacial score (nSPS) is 10.6. The SMILES string of the molecule is Cc1ccc2nsnc2c1NC(=S)NC(=O)c1ccc(Cl)c(Cl)c1. The van der Waals surface area contributed by atoms with E-state index in [0.29, 0.717) is 21.1 Å². The second-order valence-electron chi connectivity index (χ2n) is 4.93. The van der Waals surface area contributed by atoms with Crippen molar-refractivity contribution in [3.05, 3.63) is 51.5 Å². The Labute approximate surface area is 157 Å². The molecule has 0 bridgehead atoms. The molecule has 1 aromatic heterocycles. The number of amides is 1. The molecular weight excluding hydrogens is 387 g/mol. The highest BCUT2D eigenvalue weighted by molar-refractivity contribution is 7.80. The highest BCUT2D eigenvalue weighted by Crippen LogP contribution is 2.25. The molecule has 2 N–H and O–H groups in total. The molecule has 24 heavy (non-hydrogen) atoms. The first-order chi connectivity index (χ1) is 11.5. The highest BCUT2D eigenvalue weighted by atomic mass is 35.5. The first-order valence-corrected chi connectivity index (χ1v) is 8.64. The van der Waals surface area contributed by atoms with Gasteiger partial charge in [0.25, 0.3) is 5.91 Å². The van der Waals surface area contributed by atoms with Crippen molar-refractivity contribution in [2.24, 2.45) is 0 Å². The molecule has 0 aliphatic heterocycles. The number of benzene rings is 2. The van der Waals surface area contributed by atoms with Crippen molar-refractivity contribution in [2.75, 3.05) is 5.32 Å². The minimum absolute atomic E-state index is 0.162. The molecule has 1 amide bonds. The van der Waals surface area contributed by atoms with E-state index in [1.807, 2.05) is 19.1 Å². The number of nitrogens with zero attached hydrogens (tertiary/aromatic N) is 2. The Bertz CT molecular complexity index is 958. The van der Waals surface area contributed by atoms with Crippen molar-refractivity contribution in [3.63, 3.8) is 0 Å². The number of fused-ring (bicyclic) bond motifs is 1. The summed E-state index contributed by atoms with van der Waals surface area (Å²) in [5, 5.41) is 6.47.